The Morgan fingerprint density at radius 3 is 1.67 bits per heavy atom. The van der Waals surface area contributed by atoms with Crippen molar-refractivity contribution in [2.45, 2.75) is 13.8 Å². The van der Waals surface area contributed by atoms with Crippen molar-refractivity contribution in [3.63, 3.8) is 0 Å². The Bertz CT molecular complexity index is 2890. The predicted molar refractivity (Wildman–Crippen MR) is 187 cm³/mol. The fourth-order valence-electron chi connectivity index (χ4n) is 7.18. The molecule has 0 saturated heterocycles. The normalized spacial score (nSPS) is 12.1. The average Bonchev–Trinajstić information content (AvgIpc) is 3.10. The summed E-state index contributed by atoms with van der Waals surface area (Å²) in [6, 6.07) is 31.6. The van der Waals surface area contributed by atoms with Crippen molar-refractivity contribution in [2.24, 2.45) is 0 Å². The van der Waals surface area contributed by atoms with Crippen LogP contribution >= 0.6 is 0 Å². The first-order chi connectivity index (χ1) is 22.6. The molecule has 46 heavy (non-hydrogen) atoms. The van der Waals surface area contributed by atoms with Crippen molar-refractivity contribution in [1.82, 2.24) is 29.9 Å². The van der Waals surface area contributed by atoms with Gasteiger partial charge >= 0.3 is 0 Å². The van der Waals surface area contributed by atoms with E-state index in [1.54, 1.807) is 0 Å². The Morgan fingerprint density at radius 1 is 0.435 bits per heavy atom. The van der Waals surface area contributed by atoms with Gasteiger partial charge in [0.15, 0.2) is 0 Å². The van der Waals surface area contributed by atoms with Crippen LogP contribution in [0.5, 0.6) is 0 Å². The summed E-state index contributed by atoms with van der Waals surface area (Å²) in [5.74, 6) is 0. The Labute approximate surface area is 262 Å². The lowest BCUT2D eigenvalue weighted by Crippen LogP contribution is -1.99. The summed E-state index contributed by atoms with van der Waals surface area (Å²) in [4.78, 5) is 29.9. The van der Waals surface area contributed by atoms with Crippen LogP contribution < -0.4 is 0 Å². The van der Waals surface area contributed by atoms with E-state index >= 15 is 0 Å². The van der Waals surface area contributed by atoms with Crippen LogP contribution in [0.25, 0.3) is 98.6 Å². The molecule has 0 fully saturated rings. The summed E-state index contributed by atoms with van der Waals surface area (Å²) >= 11 is 0. The summed E-state index contributed by atoms with van der Waals surface area (Å²) in [5, 5.41) is 8.71. The molecule has 10 aromatic rings. The van der Waals surface area contributed by atoms with Crippen molar-refractivity contribution in [3.8, 4) is 22.4 Å². The molecule has 0 aliphatic heterocycles. The summed E-state index contributed by atoms with van der Waals surface area (Å²) in [6.45, 7) is 4.17. The maximum atomic E-state index is 5.24. The quantitative estimate of drug-likeness (QED) is 0.187. The smallest absolute Gasteiger partial charge is 0.0972 e. The highest BCUT2D eigenvalue weighted by atomic mass is 14.8. The molecule has 0 bridgehead atoms. The minimum atomic E-state index is 0.876. The van der Waals surface area contributed by atoms with Gasteiger partial charge in [0.2, 0.25) is 0 Å². The first kappa shape index (κ1) is 25.2. The van der Waals surface area contributed by atoms with E-state index in [2.05, 4.69) is 103 Å². The third-order valence-electron chi connectivity index (χ3n) is 9.39. The van der Waals surface area contributed by atoms with Gasteiger partial charge in [0.1, 0.15) is 0 Å². The lowest BCUT2D eigenvalue weighted by molar-refractivity contribution is 1.26. The molecule has 6 aromatic heterocycles. The Hall–Kier alpha value is -6.14. The molecule has 0 aliphatic rings. The van der Waals surface area contributed by atoms with Gasteiger partial charge < -0.3 is 0 Å². The molecule has 4 aromatic carbocycles. The van der Waals surface area contributed by atoms with Crippen molar-refractivity contribution in [1.29, 1.82) is 0 Å². The van der Waals surface area contributed by atoms with Gasteiger partial charge in [0.05, 0.1) is 38.8 Å². The minimum absolute atomic E-state index is 0.876. The zero-order chi connectivity index (χ0) is 30.5. The molecule has 214 valence electrons. The summed E-state index contributed by atoms with van der Waals surface area (Å²) in [6.07, 6.45) is 5.60. The molecular formula is C40H24N6. The molecular weight excluding hydrogens is 564 g/mol. The third kappa shape index (κ3) is 3.46. The molecule has 0 atom stereocenters. The van der Waals surface area contributed by atoms with E-state index in [0.29, 0.717) is 0 Å². The maximum absolute atomic E-state index is 5.24. The number of rotatable bonds is 2. The Kier molecular flexibility index (Phi) is 5.04. The van der Waals surface area contributed by atoms with Crippen LogP contribution in [0.15, 0.2) is 110 Å². The topological polar surface area (TPSA) is 77.3 Å². The first-order valence-corrected chi connectivity index (χ1v) is 15.4. The lowest BCUT2D eigenvalue weighted by Gasteiger charge is -2.18. The van der Waals surface area contributed by atoms with Crippen molar-refractivity contribution >= 4 is 76.2 Å². The van der Waals surface area contributed by atoms with Gasteiger partial charge in [-0.1, -0.05) is 60.7 Å². The van der Waals surface area contributed by atoms with Crippen molar-refractivity contribution < 1.29 is 0 Å². The number of aromatic nitrogens is 6. The second-order valence-electron chi connectivity index (χ2n) is 12.0. The number of hydrogen-bond donors (Lipinski definition) is 0. The van der Waals surface area contributed by atoms with E-state index in [0.717, 1.165) is 110 Å². The standard InChI is InChI=1S/C40H24N6/c1-21-29-13-15-31(32-16-11-25-8-7-24-6-4-18-42-36(24)38(25)46-32)40-34(29)33-28(22(2)45-40)12-14-30(39(33)44-21)27-19-26-10-9-23-5-3-17-41-35(23)37(26)43-20-27/h3-20H,1-2H3. The zero-order valence-electron chi connectivity index (χ0n) is 25.1. The molecule has 0 N–H and O–H groups in total. The van der Waals surface area contributed by atoms with E-state index < -0.39 is 0 Å². The third-order valence-corrected chi connectivity index (χ3v) is 9.39. The second kappa shape index (κ2) is 9.19. The number of pyridine rings is 6. The highest BCUT2D eigenvalue weighted by molar-refractivity contribution is 6.26. The summed E-state index contributed by atoms with van der Waals surface area (Å²) < 4.78 is 0. The molecule has 0 amide bonds. The van der Waals surface area contributed by atoms with E-state index in [-0.39, 0.29) is 0 Å². The van der Waals surface area contributed by atoms with Gasteiger partial charge in [-0.15, -0.1) is 0 Å². The summed E-state index contributed by atoms with van der Waals surface area (Å²) in [5.41, 5.74) is 11.4. The molecule has 0 radical (unpaired) electrons. The number of benzene rings is 4. The molecule has 0 unspecified atom stereocenters. The Balaban J connectivity index is 1.25. The van der Waals surface area contributed by atoms with Crippen LogP contribution in [0.4, 0.5) is 0 Å². The lowest BCUT2D eigenvalue weighted by atomic mass is 9.91. The zero-order valence-corrected chi connectivity index (χ0v) is 25.1. The van der Waals surface area contributed by atoms with Gasteiger partial charge in [0, 0.05) is 89.8 Å². The van der Waals surface area contributed by atoms with Gasteiger partial charge in [-0.25, -0.2) is 4.98 Å². The SMILES string of the molecule is Cc1nc2c(-c3ccc4ccc5cccnc5c4n3)ccc3c(C)nc4c(-c5cnc6c(ccc7cccnc76)c5)ccc1c4c32. The number of hydrogen-bond acceptors (Lipinski definition) is 6. The average molecular weight is 589 g/mol. The summed E-state index contributed by atoms with van der Waals surface area (Å²) in [7, 11) is 0. The molecule has 6 heteroatoms. The number of fused-ring (bicyclic) bond motifs is 6. The van der Waals surface area contributed by atoms with Crippen LogP contribution in [0.3, 0.4) is 0 Å². The van der Waals surface area contributed by atoms with Gasteiger partial charge in [-0.05, 0) is 44.2 Å². The minimum Gasteiger partial charge on any atom is -0.254 e. The maximum Gasteiger partial charge on any atom is 0.0972 e. The van der Waals surface area contributed by atoms with Crippen molar-refractivity contribution in [2.75, 3.05) is 0 Å². The second-order valence-corrected chi connectivity index (χ2v) is 12.0. The van der Waals surface area contributed by atoms with Crippen LogP contribution in [-0.2, 0) is 0 Å². The highest BCUT2D eigenvalue weighted by Crippen LogP contribution is 2.42. The van der Waals surface area contributed by atoms with E-state index in [9.17, 15) is 0 Å². The molecule has 0 spiro atoms. The molecule has 0 aliphatic carbocycles. The van der Waals surface area contributed by atoms with E-state index in [4.69, 9.17) is 19.9 Å². The molecule has 6 nitrogen and oxygen atoms in total. The molecule has 10 rings (SSSR count). The Morgan fingerprint density at radius 2 is 0.978 bits per heavy atom. The largest absolute Gasteiger partial charge is 0.254 e. The van der Waals surface area contributed by atoms with Crippen LogP contribution in [0.2, 0.25) is 0 Å². The fourth-order valence-corrected chi connectivity index (χ4v) is 7.18. The number of aryl methyl sites for hydroxylation is 2. The highest BCUT2D eigenvalue weighted by Gasteiger charge is 2.21. The van der Waals surface area contributed by atoms with E-state index in [1.807, 2.05) is 30.7 Å². The fraction of sp³-hybridized carbons (Fsp3) is 0.0500. The van der Waals surface area contributed by atoms with Gasteiger partial charge in [-0.2, -0.15) is 0 Å². The molecule has 6 heterocycles. The van der Waals surface area contributed by atoms with Gasteiger partial charge in [-0.3, -0.25) is 24.9 Å². The van der Waals surface area contributed by atoms with Crippen molar-refractivity contribution in [3.05, 3.63) is 121 Å². The number of nitrogens with zero attached hydrogens (tertiary/aromatic N) is 6. The van der Waals surface area contributed by atoms with Crippen LogP contribution in [0, 0.1) is 13.8 Å². The monoisotopic (exact) mass is 588 g/mol. The van der Waals surface area contributed by atoms with Crippen LogP contribution in [0.1, 0.15) is 11.4 Å². The molecule has 0 saturated carbocycles. The van der Waals surface area contributed by atoms with Gasteiger partial charge in [0.25, 0.3) is 0 Å². The predicted octanol–water partition coefficient (Wildman–Crippen LogP) is 9.52. The first-order valence-electron chi connectivity index (χ1n) is 15.4. The van der Waals surface area contributed by atoms with Crippen LogP contribution in [-0.4, -0.2) is 29.9 Å². The van der Waals surface area contributed by atoms with E-state index in [1.165, 1.54) is 0 Å².